The van der Waals surface area contributed by atoms with E-state index in [1.165, 1.54) is 35.3 Å². The molecule has 1 saturated carbocycles. The quantitative estimate of drug-likeness (QED) is 0.804. The summed E-state index contributed by atoms with van der Waals surface area (Å²) in [7, 11) is 0. The maximum absolute atomic E-state index is 6.21. The van der Waals surface area contributed by atoms with Crippen molar-refractivity contribution >= 4 is 39.0 Å². The van der Waals surface area contributed by atoms with E-state index in [1.807, 2.05) is 11.8 Å². The van der Waals surface area contributed by atoms with Crippen LogP contribution in [0.5, 0.6) is 0 Å². The second-order valence-electron chi connectivity index (χ2n) is 5.60. The minimum atomic E-state index is 0.725. The van der Waals surface area contributed by atoms with Crippen LogP contribution in [0.1, 0.15) is 37.6 Å². The molecule has 0 radical (unpaired) electrons. The molecule has 102 valence electrons. The number of thiazole rings is 1. The normalized spacial score (nSPS) is 23.9. The van der Waals surface area contributed by atoms with Crippen molar-refractivity contribution < 1.29 is 0 Å². The van der Waals surface area contributed by atoms with Gasteiger partial charge in [-0.2, -0.15) is 0 Å². The van der Waals surface area contributed by atoms with Crippen molar-refractivity contribution in [3.63, 3.8) is 0 Å². The second-order valence-corrected chi connectivity index (χ2v) is 8.18. The van der Waals surface area contributed by atoms with Crippen LogP contribution < -0.4 is 5.73 Å². The summed E-state index contributed by atoms with van der Waals surface area (Å²) in [5.74, 6) is 0.859. The van der Waals surface area contributed by atoms with E-state index in [1.54, 1.807) is 11.3 Å². The third kappa shape index (κ3) is 2.90. The highest BCUT2D eigenvalue weighted by Gasteiger charge is 2.21. The van der Waals surface area contributed by atoms with Crippen LogP contribution in [0, 0.1) is 12.8 Å². The highest BCUT2D eigenvalue weighted by atomic mass is 32.2. The van der Waals surface area contributed by atoms with Crippen LogP contribution in [0.4, 0.5) is 5.69 Å². The molecule has 1 fully saturated rings. The van der Waals surface area contributed by atoms with Crippen LogP contribution in [0.3, 0.4) is 0 Å². The average Bonchev–Trinajstić information content (AvgIpc) is 2.69. The predicted molar refractivity (Wildman–Crippen MR) is 86.0 cm³/mol. The van der Waals surface area contributed by atoms with Crippen LogP contribution in [0.2, 0.25) is 0 Å². The molecular weight excluding hydrogens is 272 g/mol. The Morgan fingerprint density at radius 2 is 2.21 bits per heavy atom. The smallest absolute Gasteiger partial charge is 0.0907 e. The first kappa shape index (κ1) is 13.3. The Hall–Kier alpha value is -0.740. The molecule has 1 heterocycles. The summed E-state index contributed by atoms with van der Waals surface area (Å²) < 4.78 is 1.20. The number of aryl methyl sites for hydroxylation is 1. The molecule has 4 heteroatoms. The summed E-state index contributed by atoms with van der Waals surface area (Å²) in [5, 5.41) is 1.84. The molecule has 0 aliphatic heterocycles. The Balaban J connectivity index is 1.85. The van der Waals surface area contributed by atoms with Gasteiger partial charge in [0.05, 0.1) is 15.2 Å². The molecule has 1 aliphatic rings. The van der Waals surface area contributed by atoms with Gasteiger partial charge in [-0.25, -0.2) is 4.98 Å². The zero-order valence-corrected chi connectivity index (χ0v) is 13.1. The number of hydrogen-bond acceptors (Lipinski definition) is 4. The average molecular weight is 292 g/mol. The molecular formula is C15H20N2S2. The minimum absolute atomic E-state index is 0.725. The van der Waals surface area contributed by atoms with Crippen LogP contribution in [0.25, 0.3) is 10.2 Å². The zero-order chi connectivity index (χ0) is 13.4. The third-order valence-corrected chi connectivity index (χ3v) is 6.11. The number of rotatable bonds is 2. The Morgan fingerprint density at radius 3 is 3.00 bits per heavy atom. The highest BCUT2D eigenvalue weighted by Crippen LogP contribution is 2.40. The lowest BCUT2D eigenvalue weighted by Gasteiger charge is -2.26. The van der Waals surface area contributed by atoms with Gasteiger partial charge in [0.15, 0.2) is 0 Å². The fraction of sp³-hybridized carbons (Fsp3) is 0.533. The van der Waals surface area contributed by atoms with Crippen molar-refractivity contribution in [1.82, 2.24) is 4.98 Å². The first-order valence-corrected chi connectivity index (χ1v) is 8.65. The van der Waals surface area contributed by atoms with Crippen LogP contribution >= 0.6 is 23.1 Å². The van der Waals surface area contributed by atoms with E-state index in [2.05, 4.69) is 31.0 Å². The van der Waals surface area contributed by atoms with Gasteiger partial charge in [-0.15, -0.1) is 23.1 Å². The molecule has 2 N–H and O–H groups in total. The van der Waals surface area contributed by atoms with Crippen molar-refractivity contribution in [2.45, 2.75) is 49.7 Å². The summed E-state index contributed by atoms with van der Waals surface area (Å²) in [6.07, 6.45) is 5.38. The van der Waals surface area contributed by atoms with Gasteiger partial charge in [-0.3, -0.25) is 0 Å². The minimum Gasteiger partial charge on any atom is -0.398 e. The van der Waals surface area contributed by atoms with Gasteiger partial charge in [0.25, 0.3) is 0 Å². The van der Waals surface area contributed by atoms with E-state index in [4.69, 9.17) is 5.73 Å². The molecule has 1 aromatic heterocycles. The molecule has 0 spiro atoms. The topological polar surface area (TPSA) is 38.9 Å². The van der Waals surface area contributed by atoms with Crippen molar-refractivity contribution in [3.8, 4) is 0 Å². The lowest BCUT2D eigenvalue weighted by atomic mass is 9.91. The van der Waals surface area contributed by atoms with Crippen molar-refractivity contribution in [2.24, 2.45) is 5.92 Å². The van der Waals surface area contributed by atoms with Gasteiger partial charge in [0, 0.05) is 15.8 Å². The lowest BCUT2D eigenvalue weighted by Crippen LogP contribution is -2.15. The molecule has 19 heavy (non-hydrogen) atoms. The van der Waals surface area contributed by atoms with Crippen molar-refractivity contribution in [2.75, 3.05) is 5.73 Å². The molecule has 1 aromatic carbocycles. The molecule has 2 atom stereocenters. The van der Waals surface area contributed by atoms with Gasteiger partial charge in [-0.1, -0.05) is 19.8 Å². The molecule has 2 aromatic rings. The fourth-order valence-corrected chi connectivity index (χ4v) is 5.15. The van der Waals surface area contributed by atoms with Gasteiger partial charge in [0.2, 0.25) is 0 Å². The summed E-state index contributed by atoms with van der Waals surface area (Å²) in [6.45, 7) is 4.42. The first-order valence-electron chi connectivity index (χ1n) is 6.95. The largest absolute Gasteiger partial charge is 0.398 e. The Morgan fingerprint density at radius 1 is 1.37 bits per heavy atom. The maximum atomic E-state index is 6.21. The van der Waals surface area contributed by atoms with E-state index in [9.17, 15) is 0 Å². The summed E-state index contributed by atoms with van der Waals surface area (Å²) in [6, 6.07) is 4.27. The highest BCUT2D eigenvalue weighted by molar-refractivity contribution is 8.00. The first-order chi connectivity index (χ1) is 9.11. The van der Waals surface area contributed by atoms with Crippen LogP contribution in [0.15, 0.2) is 17.0 Å². The number of hydrogen-bond donors (Lipinski definition) is 1. The predicted octanol–water partition coefficient (Wildman–Crippen LogP) is 4.86. The van der Waals surface area contributed by atoms with Gasteiger partial charge < -0.3 is 5.73 Å². The number of aromatic nitrogens is 1. The number of nitrogens with zero attached hydrogens (tertiary/aromatic N) is 1. The van der Waals surface area contributed by atoms with Crippen LogP contribution in [-0.2, 0) is 0 Å². The zero-order valence-electron chi connectivity index (χ0n) is 11.5. The van der Waals surface area contributed by atoms with E-state index >= 15 is 0 Å². The number of benzene rings is 1. The van der Waals surface area contributed by atoms with Gasteiger partial charge >= 0.3 is 0 Å². The third-order valence-electron chi connectivity index (χ3n) is 3.81. The van der Waals surface area contributed by atoms with E-state index in [0.29, 0.717) is 0 Å². The molecule has 1 aliphatic carbocycles. The molecule has 2 nitrogen and oxygen atoms in total. The Bertz CT molecular complexity index is 591. The number of fused-ring (bicyclic) bond motifs is 1. The monoisotopic (exact) mass is 292 g/mol. The summed E-state index contributed by atoms with van der Waals surface area (Å²) >= 11 is 3.68. The van der Waals surface area contributed by atoms with E-state index in [-0.39, 0.29) is 0 Å². The maximum Gasteiger partial charge on any atom is 0.0907 e. The van der Waals surface area contributed by atoms with Crippen LogP contribution in [-0.4, -0.2) is 10.2 Å². The van der Waals surface area contributed by atoms with Gasteiger partial charge in [-0.05, 0) is 37.8 Å². The van der Waals surface area contributed by atoms with Crippen molar-refractivity contribution in [3.05, 3.63) is 17.1 Å². The van der Waals surface area contributed by atoms with Crippen molar-refractivity contribution in [1.29, 1.82) is 0 Å². The Labute approximate surface area is 122 Å². The lowest BCUT2D eigenvalue weighted by molar-refractivity contribution is 0.394. The number of nitrogen functional groups attached to an aromatic ring is 1. The fourth-order valence-electron chi connectivity index (χ4n) is 2.85. The molecule has 0 saturated heterocycles. The number of nitrogens with two attached hydrogens (primary N) is 1. The summed E-state index contributed by atoms with van der Waals surface area (Å²) in [4.78, 5) is 5.79. The summed E-state index contributed by atoms with van der Waals surface area (Å²) in [5.41, 5.74) is 8.22. The number of anilines is 1. The van der Waals surface area contributed by atoms with E-state index in [0.717, 1.165) is 27.4 Å². The molecule has 2 unspecified atom stereocenters. The second kappa shape index (κ2) is 5.33. The standard InChI is InChI=1S/C15H20N2S2/c1-9-4-3-5-11(6-9)19-14-8-13-15(7-12(14)16)18-10(2)17-13/h7-9,11H,3-6,16H2,1-2H3. The number of thioether (sulfide) groups is 1. The van der Waals surface area contributed by atoms with Gasteiger partial charge in [0.1, 0.15) is 0 Å². The molecule has 0 bridgehead atoms. The molecule has 0 amide bonds. The van der Waals surface area contributed by atoms with E-state index < -0.39 is 0 Å². The SMILES string of the molecule is Cc1nc2cc(SC3CCCC(C)C3)c(N)cc2s1. The molecule has 3 rings (SSSR count). The Kier molecular flexibility index (Phi) is 3.72.